The molecule has 1 atom stereocenters. The summed E-state index contributed by atoms with van der Waals surface area (Å²) < 4.78 is 0. The molecule has 0 saturated heterocycles. The Labute approximate surface area is 127 Å². The summed E-state index contributed by atoms with van der Waals surface area (Å²) in [6.07, 6.45) is 1.79. The van der Waals surface area contributed by atoms with Crippen LogP contribution in [0.4, 0.5) is 0 Å². The molecule has 5 heteroatoms. The molecule has 0 radical (unpaired) electrons. The van der Waals surface area contributed by atoms with Crippen LogP contribution in [0.5, 0.6) is 5.75 Å². The molecule has 0 unspecified atom stereocenters. The third-order valence-electron chi connectivity index (χ3n) is 2.92. The molecule has 21 heavy (non-hydrogen) atoms. The van der Waals surface area contributed by atoms with E-state index in [1.165, 1.54) is 18.3 Å². The van der Waals surface area contributed by atoms with E-state index in [1.54, 1.807) is 36.4 Å². The smallest absolute Gasteiger partial charge is 0.328 e. The third kappa shape index (κ3) is 4.61. The predicted molar refractivity (Wildman–Crippen MR) is 82.3 cm³/mol. The second-order valence-electron chi connectivity index (χ2n) is 4.55. The fraction of sp³-hybridized carbons (Fsp3) is 0.125. The summed E-state index contributed by atoms with van der Waals surface area (Å²) in [4.78, 5) is 15.4. The number of phenols is 1. The van der Waals surface area contributed by atoms with Crippen molar-refractivity contribution in [1.29, 1.82) is 0 Å². The second kappa shape index (κ2) is 6.90. The summed E-state index contributed by atoms with van der Waals surface area (Å²) >= 11 is 5.79. The van der Waals surface area contributed by atoms with Crippen LogP contribution in [0, 0.1) is 0 Å². The minimum atomic E-state index is -0.992. The van der Waals surface area contributed by atoms with Crippen molar-refractivity contribution in [3.63, 3.8) is 0 Å². The maximum atomic E-state index is 11.3. The van der Waals surface area contributed by atoms with E-state index in [2.05, 4.69) is 4.99 Å². The van der Waals surface area contributed by atoms with Crippen LogP contribution in [0.3, 0.4) is 0 Å². The van der Waals surface area contributed by atoms with E-state index < -0.39 is 12.0 Å². The van der Waals surface area contributed by atoms with Gasteiger partial charge in [-0.25, -0.2) is 4.79 Å². The van der Waals surface area contributed by atoms with Crippen molar-refractivity contribution in [3.8, 4) is 5.75 Å². The monoisotopic (exact) mass is 303 g/mol. The molecule has 0 aromatic heterocycles. The summed E-state index contributed by atoms with van der Waals surface area (Å²) in [5, 5.41) is 19.1. The first-order valence-electron chi connectivity index (χ1n) is 6.34. The molecular weight excluding hydrogens is 290 g/mol. The van der Waals surface area contributed by atoms with E-state index in [9.17, 15) is 15.0 Å². The number of carbonyl (C=O) groups is 1. The van der Waals surface area contributed by atoms with Gasteiger partial charge in [-0.1, -0.05) is 35.9 Å². The normalized spacial score (nSPS) is 12.4. The van der Waals surface area contributed by atoms with Gasteiger partial charge in [-0.2, -0.15) is 0 Å². The Balaban J connectivity index is 2.10. The zero-order chi connectivity index (χ0) is 15.2. The molecule has 0 spiro atoms. The number of aromatic hydroxyl groups is 1. The average molecular weight is 304 g/mol. The van der Waals surface area contributed by atoms with Crippen LogP contribution >= 0.6 is 11.6 Å². The summed E-state index contributed by atoms with van der Waals surface area (Å²) in [5.41, 5.74) is 1.59. The van der Waals surface area contributed by atoms with E-state index in [-0.39, 0.29) is 12.2 Å². The van der Waals surface area contributed by atoms with Gasteiger partial charge in [0.2, 0.25) is 0 Å². The molecule has 0 aliphatic rings. The molecule has 0 heterocycles. The van der Waals surface area contributed by atoms with Crippen molar-refractivity contribution in [2.24, 2.45) is 4.99 Å². The summed E-state index contributed by atoms with van der Waals surface area (Å²) in [6, 6.07) is 12.5. The second-order valence-corrected chi connectivity index (χ2v) is 4.99. The van der Waals surface area contributed by atoms with Gasteiger partial charge in [0.05, 0.1) is 0 Å². The van der Waals surface area contributed by atoms with Crippen molar-refractivity contribution >= 4 is 23.8 Å². The van der Waals surface area contributed by atoms with Gasteiger partial charge >= 0.3 is 5.97 Å². The van der Waals surface area contributed by atoms with Crippen LogP contribution in [-0.2, 0) is 11.2 Å². The Bertz CT molecular complexity index is 636. The highest BCUT2D eigenvalue weighted by Gasteiger charge is 2.15. The minimum absolute atomic E-state index is 0.148. The number of hydrogen-bond acceptors (Lipinski definition) is 3. The van der Waals surface area contributed by atoms with Crippen molar-refractivity contribution in [3.05, 3.63) is 64.7 Å². The number of phenolic OH excluding ortho intramolecular Hbond substituents is 1. The Kier molecular flexibility index (Phi) is 4.95. The van der Waals surface area contributed by atoms with Crippen molar-refractivity contribution in [1.82, 2.24) is 0 Å². The first-order valence-corrected chi connectivity index (χ1v) is 6.72. The molecule has 0 aliphatic heterocycles. The summed E-state index contributed by atoms with van der Waals surface area (Å²) in [6.45, 7) is 0. The topological polar surface area (TPSA) is 69.9 Å². The third-order valence-corrected chi connectivity index (χ3v) is 3.18. The number of aliphatic imine (C=N–C) groups is 1. The van der Waals surface area contributed by atoms with Crippen LogP contribution in [0.15, 0.2) is 53.5 Å². The zero-order valence-corrected chi connectivity index (χ0v) is 11.9. The van der Waals surface area contributed by atoms with Gasteiger partial charge in [0.25, 0.3) is 0 Å². The van der Waals surface area contributed by atoms with Gasteiger partial charge < -0.3 is 10.2 Å². The van der Waals surface area contributed by atoms with Crippen LogP contribution in [0.2, 0.25) is 5.02 Å². The van der Waals surface area contributed by atoms with Gasteiger partial charge in [-0.05, 0) is 35.4 Å². The maximum absolute atomic E-state index is 11.3. The lowest BCUT2D eigenvalue weighted by molar-refractivity contribution is -0.138. The van der Waals surface area contributed by atoms with Gasteiger partial charge in [-0.3, -0.25) is 4.99 Å². The number of benzene rings is 2. The molecule has 2 rings (SSSR count). The number of carboxylic acids is 1. The van der Waals surface area contributed by atoms with Crippen LogP contribution in [-0.4, -0.2) is 28.4 Å². The van der Waals surface area contributed by atoms with Crippen molar-refractivity contribution in [2.45, 2.75) is 12.5 Å². The molecular formula is C16H14ClNO3. The molecule has 0 amide bonds. The molecule has 0 bridgehead atoms. The number of halogens is 1. The van der Waals surface area contributed by atoms with E-state index in [0.29, 0.717) is 5.02 Å². The van der Waals surface area contributed by atoms with Gasteiger partial charge in [0, 0.05) is 17.7 Å². The van der Waals surface area contributed by atoms with Crippen molar-refractivity contribution in [2.75, 3.05) is 0 Å². The number of nitrogens with zero attached hydrogens (tertiary/aromatic N) is 1. The van der Waals surface area contributed by atoms with Crippen LogP contribution in [0.25, 0.3) is 0 Å². The lowest BCUT2D eigenvalue weighted by Crippen LogP contribution is -2.20. The molecule has 2 aromatic rings. The first-order chi connectivity index (χ1) is 10.0. The highest BCUT2D eigenvalue weighted by molar-refractivity contribution is 6.30. The largest absolute Gasteiger partial charge is 0.508 e. The SMILES string of the molecule is O=C(O)[C@H](Cc1ccc(O)cc1)N=Cc1ccc(Cl)cc1. The summed E-state index contributed by atoms with van der Waals surface area (Å²) in [7, 11) is 0. The van der Waals surface area contributed by atoms with Crippen molar-refractivity contribution < 1.29 is 15.0 Å². The molecule has 0 saturated carbocycles. The molecule has 108 valence electrons. The maximum Gasteiger partial charge on any atom is 0.328 e. The number of aliphatic carboxylic acids is 1. The predicted octanol–water partition coefficient (Wildman–Crippen LogP) is 3.16. The lowest BCUT2D eigenvalue weighted by Gasteiger charge is -2.07. The fourth-order valence-electron chi connectivity index (χ4n) is 1.78. The Morgan fingerprint density at radius 2 is 1.76 bits per heavy atom. The standard InChI is InChI=1S/C16H14ClNO3/c17-13-5-1-12(2-6-13)10-18-15(16(20)21)9-11-3-7-14(19)8-4-11/h1-8,10,15,19H,9H2,(H,20,21)/t15-/m0/s1. The first kappa shape index (κ1) is 15.1. The fourth-order valence-corrected chi connectivity index (χ4v) is 1.91. The minimum Gasteiger partial charge on any atom is -0.508 e. The Hall–Kier alpha value is -2.33. The number of rotatable bonds is 5. The van der Waals surface area contributed by atoms with E-state index in [4.69, 9.17) is 11.6 Å². The highest BCUT2D eigenvalue weighted by atomic mass is 35.5. The van der Waals surface area contributed by atoms with Crippen LogP contribution < -0.4 is 0 Å². The number of carboxylic acid groups (broad SMARTS) is 1. The van der Waals surface area contributed by atoms with E-state index in [0.717, 1.165) is 11.1 Å². The number of hydrogen-bond donors (Lipinski definition) is 2. The Morgan fingerprint density at radius 1 is 1.14 bits per heavy atom. The van der Waals surface area contributed by atoms with Gasteiger partial charge in [-0.15, -0.1) is 0 Å². The highest BCUT2D eigenvalue weighted by Crippen LogP contribution is 2.13. The Morgan fingerprint density at radius 3 is 2.33 bits per heavy atom. The van der Waals surface area contributed by atoms with Crippen LogP contribution in [0.1, 0.15) is 11.1 Å². The molecule has 2 N–H and O–H groups in total. The van der Waals surface area contributed by atoms with E-state index in [1.807, 2.05) is 0 Å². The average Bonchev–Trinajstić information content (AvgIpc) is 2.47. The molecule has 4 nitrogen and oxygen atoms in total. The quantitative estimate of drug-likeness (QED) is 0.834. The lowest BCUT2D eigenvalue weighted by atomic mass is 10.1. The summed E-state index contributed by atoms with van der Waals surface area (Å²) in [5.74, 6) is -0.844. The molecule has 0 fully saturated rings. The molecule has 2 aromatic carbocycles. The van der Waals surface area contributed by atoms with Gasteiger partial charge in [0.15, 0.2) is 6.04 Å². The van der Waals surface area contributed by atoms with Gasteiger partial charge in [0.1, 0.15) is 5.75 Å². The molecule has 0 aliphatic carbocycles. The van der Waals surface area contributed by atoms with E-state index >= 15 is 0 Å². The zero-order valence-electron chi connectivity index (χ0n) is 11.1.